The number of carbonyl (C=O) groups is 2. The number of benzene rings is 1. The Kier molecular flexibility index (Phi) is 18.2. The molecule has 1 aromatic rings. The molecule has 12 atom stereocenters. The molecule has 0 N–H and O–H groups in total. The smallest absolute Gasteiger partial charge is 0.412 e. The number of epoxide rings is 1. The summed E-state index contributed by atoms with van der Waals surface area (Å²) in [6, 6.07) is 6.95. The van der Waals surface area contributed by atoms with Crippen LogP contribution in [0.4, 0.5) is 4.79 Å². The number of amides is 1. The molecule has 16 heteroatoms. The van der Waals surface area contributed by atoms with Gasteiger partial charge >= 0.3 is 12.1 Å². The van der Waals surface area contributed by atoms with Crippen molar-refractivity contribution in [1.29, 1.82) is 0 Å². The highest BCUT2D eigenvalue weighted by Crippen LogP contribution is 2.50. The van der Waals surface area contributed by atoms with Crippen molar-refractivity contribution in [1.82, 2.24) is 4.90 Å². The van der Waals surface area contributed by atoms with Gasteiger partial charge in [-0.3, -0.25) is 9.69 Å². The van der Waals surface area contributed by atoms with E-state index < -0.39 is 76.9 Å². The molecule has 68 heavy (non-hydrogen) atoms. The van der Waals surface area contributed by atoms with E-state index in [2.05, 4.69) is 47.7 Å². The van der Waals surface area contributed by atoms with E-state index in [1.807, 2.05) is 74.4 Å². The largest absolute Gasteiger partial charge is 0.465 e. The van der Waals surface area contributed by atoms with Crippen molar-refractivity contribution in [3.8, 4) is 0 Å². The molecule has 1 aromatic carbocycles. The second kappa shape index (κ2) is 21.7. The Balaban J connectivity index is 1.23. The Labute approximate surface area is 416 Å². The first kappa shape index (κ1) is 57.1. The molecule has 0 bridgehead atoms. The predicted molar refractivity (Wildman–Crippen MR) is 268 cm³/mol. The molecule has 390 valence electrons. The average molecular weight is 1010 g/mol. The molecule has 1 amide bonds. The number of halogens is 1. The normalized spacial score (nSPS) is 30.9. The fourth-order valence-electron chi connectivity index (χ4n) is 9.75. The standard InChI is InChI=1S/C52H88ClNO12SSi/c1-33-20-23-38(24-21-33)67(57,58)32-39-41(62-43(45(39)59-15)29-37-31-54(51(12,13)63-37)47(56)65-49(6,7)8)30-44-52(14,64-44)34(2)27-35(53)22-25-40-42(66-68(16,17)50(9,10)11)28-36(61-40)19-18-26-60-46(55)48(3,4)5/h20-21,23-24,34-37,39-45H,18-19,22,25-32H2,1-17H3/t34-,35+,36+,37+,39+,40+,41+,42+,43-,44-,45-,52+/m1/s1. The van der Waals surface area contributed by atoms with E-state index in [4.69, 9.17) is 49.2 Å². The second-order valence-corrected chi connectivity index (χ2v) is 31.9. The van der Waals surface area contributed by atoms with E-state index >= 15 is 0 Å². The minimum Gasteiger partial charge on any atom is -0.465 e. The van der Waals surface area contributed by atoms with E-state index in [0.29, 0.717) is 26.0 Å². The summed E-state index contributed by atoms with van der Waals surface area (Å²) in [5.74, 6) is -0.748. The third-order valence-corrected chi connectivity index (χ3v) is 21.8. The number of sulfone groups is 1. The lowest BCUT2D eigenvalue weighted by atomic mass is 9.84. The first-order chi connectivity index (χ1) is 31.2. The van der Waals surface area contributed by atoms with Crippen LogP contribution in [-0.2, 0) is 52.2 Å². The minimum absolute atomic E-state index is 0.0191. The lowest BCUT2D eigenvalue weighted by molar-refractivity contribution is -0.153. The van der Waals surface area contributed by atoms with E-state index in [1.54, 1.807) is 24.1 Å². The number of hydrogen-bond acceptors (Lipinski definition) is 12. The number of hydrogen-bond donors (Lipinski definition) is 0. The molecule has 0 saturated carbocycles. The van der Waals surface area contributed by atoms with Crippen LogP contribution in [-0.4, -0.2) is 131 Å². The summed E-state index contributed by atoms with van der Waals surface area (Å²) in [5.41, 5.74) is -1.63. The van der Waals surface area contributed by atoms with E-state index in [-0.39, 0.29) is 57.4 Å². The fraction of sp³-hybridized carbons (Fsp3) is 0.846. The maximum atomic E-state index is 14.1. The highest BCUT2D eigenvalue weighted by atomic mass is 35.5. The Morgan fingerprint density at radius 1 is 0.912 bits per heavy atom. The van der Waals surface area contributed by atoms with E-state index in [9.17, 15) is 18.0 Å². The predicted octanol–water partition coefficient (Wildman–Crippen LogP) is 10.8. The highest BCUT2D eigenvalue weighted by molar-refractivity contribution is 7.91. The number of aryl methyl sites for hydroxylation is 1. The zero-order chi connectivity index (χ0) is 51.0. The van der Waals surface area contributed by atoms with Crippen LogP contribution in [0.5, 0.6) is 0 Å². The van der Waals surface area contributed by atoms with Gasteiger partial charge in [-0.05, 0) is 138 Å². The van der Waals surface area contributed by atoms with Crippen LogP contribution in [0.25, 0.3) is 0 Å². The molecular weight excluding hydrogens is 926 g/mol. The summed E-state index contributed by atoms with van der Waals surface area (Å²) in [5, 5.41) is -0.0814. The summed E-state index contributed by atoms with van der Waals surface area (Å²) in [6.07, 6.45) is 2.78. The van der Waals surface area contributed by atoms with Gasteiger partial charge in [-0.25, -0.2) is 13.2 Å². The maximum Gasteiger partial charge on any atom is 0.412 e. The number of rotatable bonds is 20. The Hall–Kier alpha value is -1.82. The molecule has 4 saturated heterocycles. The van der Waals surface area contributed by atoms with Crippen LogP contribution >= 0.6 is 11.6 Å². The molecule has 4 heterocycles. The van der Waals surface area contributed by atoms with Gasteiger partial charge in [0, 0.05) is 37.7 Å². The topological polar surface area (TPSA) is 149 Å². The summed E-state index contributed by atoms with van der Waals surface area (Å²) >= 11 is 7.20. The molecule has 4 fully saturated rings. The van der Waals surface area contributed by atoms with Crippen molar-refractivity contribution in [3.63, 3.8) is 0 Å². The molecule has 5 rings (SSSR count). The van der Waals surface area contributed by atoms with E-state index in [1.165, 1.54) is 0 Å². The second-order valence-electron chi connectivity index (χ2n) is 24.5. The van der Waals surface area contributed by atoms with Gasteiger partial charge in [0.05, 0.1) is 83.6 Å². The first-order valence-electron chi connectivity index (χ1n) is 25.1. The number of esters is 1. The molecule has 4 aliphatic heterocycles. The van der Waals surface area contributed by atoms with Gasteiger partial charge in [-0.15, -0.1) is 11.6 Å². The fourth-order valence-corrected chi connectivity index (χ4v) is 13.2. The van der Waals surface area contributed by atoms with Crippen molar-refractivity contribution in [3.05, 3.63) is 29.8 Å². The van der Waals surface area contributed by atoms with Gasteiger partial charge in [0.15, 0.2) is 18.2 Å². The lowest BCUT2D eigenvalue weighted by Gasteiger charge is -2.39. The van der Waals surface area contributed by atoms with Crippen molar-refractivity contribution in [2.24, 2.45) is 17.3 Å². The third-order valence-electron chi connectivity index (χ3n) is 15.1. The molecule has 0 radical (unpaired) electrons. The summed E-state index contributed by atoms with van der Waals surface area (Å²) < 4.78 is 79.1. The summed E-state index contributed by atoms with van der Waals surface area (Å²) in [4.78, 5) is 27.4. The molecule has 0 spiro atoms. The van der Waals surface area contributed by atoms with Crippen LogP contribution in [0.15, 0.2) is 29.2 Å². The van der Waals surface area contributed by atoms with Gasteiger partial charge in [-0.1, -0.05) is 45.4 Å². The number of alkyl halides is 1. The lowest BCUT2D eigenvalue weighted by Crippen LogP contribution is -2.46. The van der Waals surface area contributed by atoms with Crippen LogP contribution < -0.4 is 0 Å². The van der Waals surface area contributed by atoms with Gasteiger partial charge in [-0.2, -0.15) is 0 Å². The molecule has 0 aliphatic carbocycles. The van der Waals surface area contributed by atoms with Crippen LogP contribution in [0.2, 0.25) is 18.1 Å². The molecule has 13 nitrogen and oxygen atoms in total. The van der Waals surface area contributed by atoms with Crippen molar-refractivity contribution in [2.45, 2.75) is 242 Å². The zero-order valence-electron chi connectivity index (χ0n) is 44.6. The number of nitrogens with zero attached hydrogens (tertiary/aromatic N) is 1. The van der Waals surface area contributed by atoms with Gasteiger partial charge in [0.2, 0.25) is 0 Å². The minimum atomic E-state index is -3.73. The van der Waals surface area contributed by atoms with Crippen LogP contribution in [0, 0.1) is 24.2 Å². The Bertz CT molecular complexity index is 1960. The third kappa shape index (κ3) is 14.7. The number of carbonyl (C=O) groups excluding carboxylic acids is 2. The Morgan fingerprint density at radius 2 is 1.56 bits per heavy atom. The summed E-state index contributed by atoms with van der Waals surface area (Å²) in [6.45, 7) is 33.0. The Morgan fingerprint density at radius 3 is 2.15 bits per heavy atom. The van der Waals surface area contributed by atoms with Crippen LogP contribution in [0.3, 0.4) is 0 Å². The zero-order valence-corrected chi connectivity index (χ0v) is 47.1. The van der Waals surface area contributed by atoms with Crippen molar-refractivity contribution >= 4 is 41.8 Å². The van der Waals surface area contributed by atoms with Crippen molar-refractivity contribution in [2.75, 3.05) is 26.0 Å². The first-order valence-corrected chi connectivity index (χ1v) is 30.1. The molecular formula is C52H88ClNO12SSi. The average Bonchev–Trinajstić information content (AvgIpc) is 3.39. The van der Waals surface area contributed by atoms with Gasteiger partial charge in [0.25, 0.3) is 0 Å². The SMILES string of the molecule is CO[C@@H]1[C@@H](CS(=O)(=O)c2ccc(C)cc2)[C@H](C[C@H]2O[C@@]2(C)[C@H](C)C[C@@H](Cl)CC[C@@H]2O[C@@H](CCCOC(=O)C(C)(C)C)C[C@@H]2O[Si](C)(C)C(C)(C)C)O[C@@H]1C[C@H]1CN(C(=O)OC(C)(C)C)C(C)(C)O1. The highest BCUT2D eigenvalue weighted by Gasteiger charge is 2.59. The van der Waals surface area contributed by atoms with Crippen molar-refractivity contribution < 1.29 is 55.6 Å². The molecule has 0 unspecified atom stereocenters. The number of ether oxygens (including phenoxy) is 7. The molecule has 4 aliphatic rings. The van der Waals surface area contributed by atoms with Crippen LogP contribution in [0.1, 0.15) is 147 Å². The molecule has 0 aromatic heterocycles. The summed E-state index contributed by atoms with van der Waals surface area (Å²) in [7, 11) is -4.21. The van der Waals surface area contributed by atoms with Gasteiger partial charge in [0.1, 0.15) is 11.3 Å². The maximum absolute atomic E-state index is 14.1. The quantitative estimate of drug-likeness (QED) is 0.0402. The van der Waals surface area contributed by atoms with E-state index in [0.717, 1.165) is 44.1 Å². The monoisotopic (exact) mass is 1010 g/mol. The van der Waals surface area contributed by atoms with Gasteiger partial charge < -0.3 is 37.6 Å². The number of methoxy groups -OCH3 is 1.